The first-order chi connectivity index (χ1) is 11.7. The van der Waals surface area contributed by atoms with E-state index < -0.39 is 32.5 Å². The maximum Gasteiger partial charge on any atom is 0.262 e. The van der Waals surface area contributed by atoms with Gasteiger partial charge in [-0.2, -0.15) is 0 Å². The Labute approximate surface area is 147 Å². The van der Waals surface area contributed by atoms with Gasteiger partial charge < -0.3 is 5.73 Å². The summed E-state index contributed by atoms with van der Waals surface area (Å²) in [6.07, 6.45) is 2.28. The van der Waals surface area contributed by atoms with Crippen molar-refractivity contribution in [2.24, 2.45) is 11.7 Å². The summed E-state index contributed by atoms with van der Waals surface area (Å²) in [4.78, 5) is 12.3. The van der Waals surface area contributed by atoms with E-state index in [9.17, 15) is 22.0 Å². The summed E-state index contributed by atoms with van der Waals surface area (Å²) in [5, 5.41) is 0.122. The maximum absolute atomic E-state index is 13.3. The Morgan fingerprint density at radius 2 is 2.04 bits per heavy atom. The van der Waals surface area contributed by atoms with Gasteiger partial charge in [-0.3, -0.25) is 9.52 Å². The van der Waals surface area contributed by atoms with Crippen LogP contribution in [0.15, 0.2) is 23.1 Å². The number of nitrogens with one attached hydrogen (secondary N) is 1. The van der Waals surface area contributed by atoms with E-state index in [4.69, 9.17) is 5.73 Å². The molecule has 134 valence electrons. The van der Waals surface area contributed by atoms with Gasteiger partial charge in [0.2, 0.25) is 0 Å². The minimum atomic E-state index is -4.18. The predicted molar refractivity (Wildman–Crippen MR) is 91.2 cm³/mol. The van der Waals surface area contributed by atoms with E-state index in [2.05, 4.69) is 11.6 Å². The van der Waals surface area contributed by atoms with E-state index >= 15 is 0 Å². The van der Waals surface area contributed by atoms with Crippen LogP contribution < -0.4 is 10.5 Å². The zero-order chi connectivity index (χ0) is 18.4. The van der Waals surface area contributed by atoms with Gasteiger partial charge in [0.15, 0.2) is 11.6 Å². The molecule has 0 radical (unpaired) electrons. The summed E-state index contributed by atoms with van der Waals surface area (Å²) in [6.45, 7) is 2.08. The molecule has 0 saturated carbocycles. The van der Waals surface area contributed by atoms with E-state index in [1.165, 1.54) is 0 Å². The molecule has 1 aliphatic carbocycles. The van der Waals surface area contributed by atoms with E-state index in [0.29, 0.717) is 18.4 Å². The molecule has 0 bridgehead atoms. The summed E-state index contributed by atoms with van der Waals surface area (Å²) in [7, 11) is -4.18. The van der Waals surface area contributed by atoms with Crippen molar-refractivity contribution in [3.63, 3.8) is 0 Å². The number of primary amides is 1. The average molecular weight is 386 g/mol. The Kier molecular flexibility index (Phi) is 4.54. The van der Waals surface area contributed by atoms with E-state index in [1.807, 2.05) is 0 Å². The van der Waals surface area contributed by atoms with Gasteiger partial charge in [0, 0.05) is 4.88 Å². The smallest absolute Gasteiger partial charge is 0.262 e. The maximum atomic E-state index is 13.3. The highest BCUT2D eigenvalue weighted by Crippen LogP contribution is 2.40. The van der Waals surface area contributed by atoms with Crippen LogP contribution in [-0.2, 0) is 22.9 Å². The number of anilines is 1. The third kappa shape index (κ3) is 3.38. The van der Waals surface area contributed by atoms with Gasteiger partial charge in [-0.1, -0.05) is 6.92 Å². The fraction of sp³-hybridized carbons (Fsp3) is 0.312. The van der Waals surface area contributed by atoms with E-state index in [1.54, 1.807) is 0 Å². The van der Waals surface area contributed by atoms with Crippen molar-refractivity contribution < 1.29 is 22.0 Å². The number of nitrogens with two attached hydrogens (primary N) is 1. The molecule has 1 atom stereocenters. The van der Waals surface area contributed by atoms with Crippen LogP contribution in [0.5, 0.6) is 0 Å². The fourth-order valence-electron chi connectivity index (χ4n) is 2.91. The SMILES string of the molecule is C[C@@H]1CCc2c(sc(NS(=O)(=O)c3ccc(F)c(F)c3)c2C(N)=O)C1. The normalized spacial score (nSPS) is 17.2. The highest BCUT2D eigenvalue weighted by Gasteiger charge is 2.29. The molecule has 5 nitrogen and oxygen atoms in total. The molecule has 0 spiro atoms. The Bertz CT molecular complexity index is 955. The highest BCUT2D eigenvalue weighted by molar-refractivity contribution is 7.93. The van der Waals surface area contributed by atoms with E-state index in [-0.39, 0.29) is 10.6 Å². The van der Waals surface area contributed by atoms with Crippen LogP contribution in [0.2, 0.25) is 0 Å². The minimum absolute atomic E-state index is 0.122. The second-order valence-electron chi connectivity index (χ2n) is 6.10. The van der Waals surface area contributed by atoms with Crippen molar-refractivity contribution in [3.05, 3.63) is 45.8 Å². The third-order valence-corrected chi connectivity index (χ3v) is 6.83. The molecule has 2 aromatic rings. The van der Waals surface area contributed by atoms with Crippen molar-refractivity contribution >= 4 is 32.3 Å². The largest absolute Gasteiger partial charge is 0.365 e. The van der Waals surface area contributed by atoms with Crippen LogP contribution in [0.1, 0.15) is 34.1 Å². The molecule has 1 aromatic heterocycles. The van der Waals surface area contributed by atoms with Crippen molar-refractivity contribution in [2.45, 2.75) is 31.1 Å². The molecule has 1 amide bonds. The van der Waals surface area contributed by atoms with Gasteiger partial charge in [0.05, 0.1) is 10.5 Å². The molecule has 0 fully saturated rings. The molecule has 3 rings (SSSR count). The number of carbonyl (C=O) groups is 1. The van der Waals surface area contributed by atoms with Gasteiger partial charge in [-0.05, 0) is 48.9 Å². The fourth-order valence-corrected chi connectivity index (χ4v) is 5.64. The Morgan fingerprint density at radius 3 is 2.68 bits per heavy atom. The topological polar surface area (TPSA) is 89.3 Å². The molecule has 0 saturated heterocycles. The zero-order valence-corrected chi connectivity index (χ0v) is 14.9. The molecular formula is C16H16F2N2O3S2. The minimum Gasteiger partial charge on any atom is -0.365 e. The first-order valence-corrected chi connectivity index (χ1v) is 9.91. The van der Waals surface area contributed by atoms with Crippen molar-refractivity contribution in [2.75, 3.05) is 4.72 Å². The number of hydrogen-bond donors (Lipinski definition) is 2. The van der Waals surface area contributed by atoms with Crippen LogP contribution >= 0.6 is 11.3 Å². The summed E-state index contributed by atoms with van der Waals surface area (Å²) < 4.78 is 53.6. The number of fused-ring (bicyclic) bond motifs is 1. The van der Waals surface area contributed by atoms with Crippen molar-refractivity contribution in [1.82, 2.24) is 0 Å². The number of amides is 1. The Hall–Kier alpha value is -2.00. The van der Waals surface area contributed by atoms with Crippen LogP contribution in [0.25, 0.3) is 0 Å². The summed E-state index contributed by atoms with van der Waals surface area (Å²) >= 11 is 1.16. The first kappa shape index (κ1) is 17.8. The lowest BCUT2D eigenvalue weighted by Crippen LogP contribution is -2.19. The molecule has 9 heteroatoms. The highest BCUT2D eigenvalue weighted by atomic mass is 32.2. The molecule has 1 heterocycles. The third-order valence-electron chi connectivity index (χ3n) is 4.19. The van der Waals surface area contributed by atoms with Crippen LogP contribution in [0, 0.1) is 17.6 Å². The van der Waals surface area contributed by atoms with Crippen LogP contribution in [0.4, 0.5) is 13.8 Å². The van der Waals surface area contributed by atoms with Gasteiger partial charge >= 0.3 is 0 Å². The number of halogens is 2. The second kappa shape index (κ2) is 6.38. The zero-order valence-electron chi connectivity index (χ0n) is 13.3. The monoisotopic (exact) mass is 386 g/mol. The van der Waals surface area contributed by atoms with E-state index in [0.717, 1.165) is 46.8 Å². The molecule has 3 N–H and O–H groups in total. The summed E-state index contributed by atoms with van der Waals surface area (Å²) in [6, 6.07) is 2.29. The number of rotatable bonds is 4. The number of carbonyl (C=O) groups excluding carboxylic acids is 1. The summed E-state index contributed by atoms with van der Waals surface area (Å²) in [5.41, 5.74) is 6.38. The number of hydrogen-bond acceptors (Lipinski definition) is 4. The van der Waals surface area contributed by atoms with Gasteiger partial charge in [0.1, 0.15) is 5.00 Å². The number of thiophene rings is 1. The van der Waals surface area contributed by atoms with Crippen molar-refractivity contribution in [3.8, 4) is 0 Å². The lowest BCUT2D eigenvalue weighted by atomic mass is 9.88. The Balaban J connectivity index is 2.02. The number of benzene rings is 1. The van der Waals surface area contributed by atoms with Gasteiger partial charge in [0.25, 0.3) is 15.9 Å². The molecular weight excluding hydrogens is 370 g/mol. The lowest BCUT2D eigenvalue weighted by molar-refractivity contribution is 0.100. The first-order valence-electron chi connectivity index (χ1n) is 7.61. The lowest BCUT2D eigenvalue weighted by Gasteiger charge is -2.18. The van der Waals surface area contributed by atoms with Crippen LogP contribution in [-0.4, -0.2) is 14.3 Å². The van der Waals surface area contributed by atoms with Gasteiger partial charge in [-0.15, -0.1) is 11.3 Å². The summed E-state index contributed by atoms with van der Waals surface area (Å²) in [5.74, 6) is -2.69. The molecule has 25 heavy (non-hydrogen) atoms. The molecule has 1 aliphatic rings. The predicted octanol–water partition coefficient (Wildman–Crippen LogP) is 3.05. The molecule has 0 aliphatic heterocycles. The van der Waals surface area contributed by atoms with Gasteiger partial charge in [-0.25, -0.2) is 17.2 Å². The standard InChI is InChI=1S/C16H16F2N2O3S2/c1-8-2-4-10-13(6-8)24-16(14(10)15(19)21)20-25(22,23)9-3-5-11(17)12(18)7-9/h3,5,7-8,20H,2,4,6H2,1H3,(H2,19,21)/t8-/m1/s1. The molecule has 1 aromatic carbocycles. The Morgan fingerprint density at radius 1 is 1.32 bits per heavy atom. The number of sulfonamides is 1. The second-order valence-corrected chi connectivity index (χ2v) is 8.89. The van der Waals surface area contributed by atoms with Crippen LogP contribution in [0.3, 0.4) is 0 Å². The van der Waals surface area contributed by atoms with Crippen molar-refractivity contribution in [1.29, 1.82) is 0 Å². The molecule has 0 unspecified atom stereocenters. The average Bonchev–Trinajstić information content (AvgIpc) is 2.85. The quantitative estimate of drug-likeness (QED) is 0.846.